The van der Waals surface area contributed by atoms with Crippen LogP contribution >= 0.6 is 11.8 Å². The lowest BCUT2D eigenvalue weighted by Gasteiger charge is -2.30. The highest BCUT2D eigenvalue weighted by Crippen LogP contribution is 2.17. The number of hydrogen-bond acceptors (Lipinski definition) is 3. The minimum Gasteiger partial charge on any atom is -0.481 e. The average molecular weight is 246 g/mol. The highest BCUT2D eigenvalue weighted by Gasteiger charge is 2.20. The van der Waals surface area contributed by atoms with Crippen molar-refractivity contribution in [2.75, 3.05) is 25.4 Å². The number of hydrogen-bond donors (Lipinski definition) is 2. The van der Waals surface area contributed by atoms with Gasteiger partial charge in [0.05, 0.1) is 0 Å². The van der Waals surface area contributed by atoms with Crippen LogP contribution in [0.2, 0.25) is 0 Å². The van der Waals surface area contributed by atoms with Crippen molar-refractivity contribution in [1.29, 1.82) is 0 Å². The van der Waals surface area contributed by atoms with Crippen LogP contribution in [0.15, 0.2) is 0 Å². The Balaban J connectivity index is 2.16. The summed E-state index contributed by atoms with van der Waals surface area (Å²) in [5.41, 5.74) is 0. The molecule has 2 amide bonds. The first-order chi connectivity index (χ1) is 7.59. The number of aliphatic carboxylic acids is 1. The topological polar surface area (TPSA) is 69.6 Å². The van der Waals surface area contributed by atoms with Crippen molar-refractivity contribution in [3.05, 3.63) is 0 Å². The number of rotatable bonds is 4. The molecule has 1 fully saturated rings. The van der Waals surface area contributed by atoms with E-state index < -0.39 is 5.97 Å². The summed E-state index contributed by atoms with van der Waals surface area (Å²) in [7, 11) is 0. The van der Waals surface area contributed by atoms with Crippen LogP contribution in [-0.4, -0.2) is 52.6 Å². The smallest absolute Gasteiger partial charge is 0.317 e. The maximum atomic E-state index is 11.6. The van der Waals surface area contributed by atoms with Crippen LogP contribution in [0.1, 0.15) is 19.8 Å². The number of carbonyl (C=O) groups excluding carboxylic acids is 1. The molecular weight excluding hydrogens is 228 g/mol. The molecule has 2 N–H and O–H groups in total. The third kappa shape index (κ3) is 4.74. The molecule has 1 heterocycles. The van der Waals surface area contributed by atoms with Crippen molar-refractivity contribution < 1.29 is 14.7 Å². The van der Waals surface area contributed by atoms with E-state index in [-0.39, 0.29) is 12.5 Å². The Hall–Kier alpha value is -0.910. The molecule has 1 atom stereocenters. The van der Waals surface area contributed by atoms with Gasteiger partial charge in [-0.25, -0.2) is 4.79 Å². The molecule has 5 nitrogen and oxygen atoms in total. The van der Waals surface area contributed by atoms with Gasteiger partial charge >= 0.3 is 12.0 Å². The van der Waals surface area contributed by atoms with Crippen LogP contribution in [0.5, 0.6) is 0 Å². The second-order valence-electron chi connectivity index (χ2n) is 3.86. The third-order valence-corrected chi connectivity index (χ3v) is 3.51. The SMILES string of the molecule is CC1CN(C(=O)NCCCC(=O)O)CCS1. The van der Waals surface area contributed by atoms with Gasteiger partial charge < -0.3 is 15.3 Å². The van der Waals surface area contributed by atoms with Gasteiger partial charge in [-0.3, -0.25) is 4.79 Å². The number of thioether (sulfide) groups is 1. The largest absolute Gasteiger partial charge is 0.481 e. The molecule has 0 saturated carbocycles. The van der Waals surface area contributed by atoms with Gasteiger partial charge in [-0.1, -0.05) is 6.92 Å². The van der Waals surface area contributed by atoms with Crippen LogP contribution in [0.3, 0.4) is 0 Å². The van der Waals surface area contributed by atoms with Crippen LogP contribution in [-0.2, 0) is 4.79 Å². The summed E-state index contributed by atoms with van der Waals surface area (Å²) < 4.78 is 0. The van der Waals surface area contributed by atoms with E-state index in [0.717, 1.165) is 18.8 Å². The fraction of sp³-hybridized carbons (Fsp3) is 0.800. The van der Waals surface area contributed by atoms with Crippen LogP contribution < -0.4 is 5.32 Å². The lowest BCUT2D eigenvalue weighted by Crippen LogP contribution is -2.46. The molecule has 0 aromatic heterocycles. The first-order valence-electron chi connectivity index (χ1n) is 5.46. The molecule has 1 unspecified atom stereocenters. The summed E-state index contributed by atoms with van der Waals surface area (Å²) in [6.07, 6.45) is 0.589. The molecule has 1 saturated heterocycles. The van der Waals surface area contributed by atoms with E-state index in [1.165, 1.54) is 0 Å². The molecule has 92 valence electrons. The van der Waals surface area contributed by atoms with Crippen molar-refractivity contribution in [3.8, 4) is 0 Å². The summed E-state index contributed by atoms with van der Waals surface area (Å²) in [6.45, 7) is 4.09. The number of nitrogens with zero attached hydrogens (tertiary/aromatic N) is 1. The number of carbonyl (C=O) groups is 2. The minimum atomic E-state index is -0.822. The van der Waals surface area contributed by atoms with Crippen LogP contribution in [0.25, 0.3) is 0 Å². The molecule has 0 aliphatic carbocycles. The Labute approximate surface area is 99.6 Å². The standard InChI is InChI=1S/C10H18N2O3S/c1-8-7-12(5-6-16-8)10(15)11-4-2-3-9(13)14/h8H,2-7H2,1H3,(H,11,15)(H,13,14). The molecule has 6 heteroatoms. The van der Waals surface area contributed by atoms with E-state index >= 15 is 0 Å². The first kappa shape index (κ1) is 13.2. The number of carboxylic acid groups (broad SMARTS) is 1. The van der Waals surface area contributed by atoms with Gasteiger partial charge in [0.1, 0.15) is 0 Å². The van der Waals surface area contributed by atoms with E-state index in [0.29, 0.717) is 18.2 Å². The molecule has 16 heavy (non-hydrogen) atoms. The second-order valence-corrected chi connectivity index (χ2v) is 5.40. The maximum Gasteiger partial charge on any atom is 0.317 e. The first-order valence-corrected chi connectivity index (χ1v) is 6.50. The molecule has 0 spiro atoms. The molecule has 0 radical (unpaired) electrons. The Morgan fingerprint density at radius 2 is 2.31 bits per heavy atom. The normalized spacial score (nSPS) is 20.6. The molecule has 1 rings (SSSR count). The third-order valence-electron chi connectivity index (χ3n) is 2.37. The zero-order valence-electron chi connectivity index (χ0n) is 9.44. The second kappa shape index (κ2) is 6.62. The molecule has 0 aromatic carbocycles. The number of carboxylic acids is 1. The molecule has 0 bridgehead atoms. The van der Waals surface area contributed by atoms with Gasteiger partial charge in [0.15, 0.2) is 0 Å². The van der Waals surface area contributed by atoms with Crippen molar-refractivity contribution in [2.45, 2.75) is 25.0 Å². The summed E-state index contributed by atoms with van der Waals surface area (Å²) in [5.74, 6) is 0.154. The average Bonchev–Trinajstić information content (AvgIpc) is 2.24. The number of amides is 2. The van der Waals surface area contributed by atoms with E-state index in [4.69, 9.17) is 5.11 Å². The quantitative estimate of drug-likeness (QED) is 0.726. The van der Waals surface area contributed by atoms with E-state index in [1.54, 1.807) is 4.90 Å². The van der Waals surface area contributed by atoms with Gasteiger partial charge in [-0.15, -0.1) is 0 Å². The zero-order chi connectivity index (χ0) is 12.0. The fourth-order valence-corrected chi connectivity index (χ4v) is 2.56. The highest BCUT2D eigenvalue weighted by molar-refractivity contribution is 7.99. The molecule has 1 aliphatic rings. The van der Waals surface area contributed by atoms with Crippen LogP contribution in [0, 0.1) is 0 Å². The maximum absolute atomic E-state index is 11.6. The van der Waals surface area contributed by atoms with E-state index in [2.05, 4.69) is 12.2 Å². The Morgan fingerprint density at radius 1 is 1.56 bits per heavy atom. The van der Waals surface area contributed by atoms with Crippen molar-refractivity contribution in [3.63, 3.8) is 0 Å². The monoisotopic (exact) mass is 246 g/mol. The molecule has 1 aliphatic heterocycles. The summed E-state index contributed by atoms with van der Waals surface area (Å²) in [5, 5.41) is 11.7. The van der Waals surface area contributed by atoms with Crippen molar-refractivity contribution >= 4 is 23.8 Å². The fourth-order valence-electron chi connectivity index (χ4n) is 1.55. The lowest BCUT2D eigenvalue weighted by molar-refractivity contribution is -0.137. The lowest BCUT2D eigenvalue weighted by atomic mass is 10.3. The molecular formula is C10H18N2O3S. The zero-order valence-corrected chi connectivity index (χ0v) is 10.3. The van der Waals surface area contributed by atoms with Gasteiger partial charge in [0, 0.05) is 37.1 Å². The Bertz CT molecular complexity index is 260. The summed E-state index contributed by atoms with van der Waals surface area (Å²) in [6, 6.07) is -0.0717. The summed E-state index contributed by atoms with van der Waals surface area (Å²) in [4.78, 5) is 23.7. The van der Waals surface area contributed by atoms with E-state index in [1.807, 2.05) is 11.8 Å². The van der Waals surface area contributed by atoms with Gasteiger partial charge in [-0.2, -0.15) is 11.8 Å². The van der Waals surface area contributed by atoms with Gasteiger partial charge in [-0.05, 0) is 6.42 Å². The molecule has 0 aromatic rings. The Morgan fingerprint density at radius 3 is 2.94 bits per heavy atom. The van der Waals surface area contributed by atoms with Crippen LogP contribution in [0.4, 0.5) is 4.79 Å². The van der Waals surface area contributed by atoms with Crippen molar-refractivity contribution in [1.82, 2.24) is 10.2 Å². The van der Waals surface area contributed by atoms with E-state index in [9.17, 15) is 9.59 Å². The predicted molar refractivity (Wildman–Crippen MR) is 63.8 cm³/mol. The predicted octanol–water partition coefficient (Wildman–Crippen LogP) is 0.998. The van der Waals surface area contributed by atoms with Crippen molar-refractivity contribution in [2.24, 2.45) is 0 Å². The minimum absolute atomic E-state index is 0.0717. The van der Waals surface area contributed by atoms with Gasteiger partial charge in [0.25, 0.3) is 0 Å². The number of urea groups is 1. The highest BCUT2D eigenvalue weighted by atomic mass is 32.2. The Kier molecular flexibility index (Phi) is 5.45. The summed E-state index contributed by atoms with van der Waals surface area (Å²) >= 11 is 1.87. The number of nitrogens with one attached hydrogen (secondary N) is 1. The van der Waals surface area contributed by atoms with Gasteiger partial charge in [0.2, 0.25) is 0 Å².